The Kier molecular flexibility index (Phi) is 3.50. The normalized spacial score (nSPS) is 34.0. The molecule has 1 aliphatic heterocycles. The number of aliphatic hydroxyl groups is 1. The molecule has 0 saturated carbocycles. The molecular formula is C9H20N2O. The van der Waals surface area contributed by atoms with Gasteiger partial charge in [-0.05, 0) is 19.3 Å². The lowest BCUT2D eigenvalue weighted by atomic mass is 10.1. The first-order valence-electron chi connectivity index (χ1n) is 4.75. The van der Waals surface area contributed by atoms with Gasteiger partial charge < -0.3 is 10.8 Å². The molecule has 0 aromatic rings. The van der Waals surface area contributed by atoms with Crippen molar-refractivity contribution in [2.24, 2.45) is 11.7 Å². The van der Waals surface area contributed by atoms with Crippen molar-refractivity contribution in [3.63, 3.8) is 0 Å². The van der Waals surface area contributed by atoms with Crippen LogP contribution in [0.3, 0.4) is 0 Å². The van der Waals surface area contributed by atoms with Crippen LogP contribution in [0, 0.1) is 5.92 Å². The van der Waals surface area contributed by atoms with Gasteiger partial charge in [-0.3, -0.25) is 4.90 Å². The Bertz CT molecular complexity index is 140. The monoisotopic (exact) mass is 172 g/mol. The largest absolute Gasteiger partial charge is 0.390 e. The Morgan fingerprint density at radius 1 is 1.58 bits per heavy atom. The summed E-state index contributed by atoms with van der Waals surface area (Å²) < 4.78 is 0. The fourth-order valence-corrected chi connectivity index (χ4v) is 1.99. The van der Waals surface area contributed by atoms with E-state index in [9.17, 15) is 5.11 Å². The molecule has 72 valence electrons. The molecule has 2 unspecified atom stereocenters. The number of β-amino-alcohol motifs (C(OH)–C–C–N with tert-alkyl or cyclic N) is 1. The van der Waals surface area contributed by atoms with E-state index in [-0.39, 0.29) is 6.10 Å². The quantitative estimate of drug-likeness (QED) is 0.632. The van der Waals surface area contributed by atoms with E-state index in [1.165, 1.54) is 6.42 Å². The minimum atomic E-state index is -0.349. The Balaban J connectivity index is 2.32. The summed E-state index contributed by atoms with van der Waals surface area (Å²) in [4.78, 5) is 2.32. The number of nitrogens with zero attached hydrogens (tertiary/aromatic N) is 1. The van der Waals surface area contributed by atoms with Crippen LogP contribution in [0.2, 0.25) is 0 Å². The van der Waals surface area contributed by atoms with E-state index in [2.05, 4.69) is 18.7 Å². The Morgan fingerprint density at radius 3 is 2.67 bits per heavy atom. The summed E-state index contributed by atoms with van der Waals surface area (Å²) in [6, 6.07) is 0.612. The van der Waals surface area contributed by atoms with Crippen molar-refractivity contribution in [3.8, 4) is 0 Å². The molecule has 0 spiro atoms. The summed E-state index contributed by atoms with van der Waals surface area (Å²) in [5.41, 5.74) is 5.35. The lowest BCUT2D eigenvalue weighted by Gasteiger charge is -2.23. The fourth-order valence-electron chi connectivity index (χ4n) is 1.99. The second-order valence-corrected chi connectivity index (χ2v) is 4.03. The number of hydrogen-bond donors (Lipinski definition) is 2. The van der Waals surface area contributed by atoms with Gasteiger partial charge in [0.15, 0.2) is 0 Å². The van der Waals surface area contributed by atoms with E-state index in [1.54, 1.807) is 0 Å². The summed E-state index contributed by atoms with van der Waals surface area (Å²) in [6.45, 7) is 6.69. The maximum Gasteiger partial charge on any atom is 0.0789 e. The summed E-state index contributed by atoms with van der Waals surface area (Å²) in [7, 11) is 0. The van der Waals surface area contributed by atoms with Gasteiger partial charge in [0.25, 0.3) is 0 Å². The van der Waals surface area contributed by atoms with Crippen LogP contribution in [0.15, 0.2) is 0 Å². The molecule has 1 rings (SSSR count). The SMILES string of the molecule is CC1CC(C)N(C[C@@H](O)CN)C1. The molecule has 3 heteroatoms. The first-order chi connectivity index (χ1) is 5.63. The summed E-state index contributed by atoms with van der Waals surface area (Å²) in [5.74, 6) is 0.768. The fraction of sp³-hybridized carbons (Fsp3) is 1.00. The van der Waals surface area contributed by atoms with E-state index in [1.807, 2.05) is 0 Å². The van der Waals surface area contributed by atoms with Crippen LogP contribution in [0.5, 0.6) is 0 Å². The number of likely N-dealkylation sites (tertiary alicyclic amines) is 1. The molecule has 0 bridgehead atoms. The van der Waals surface area contributed by atoms with Crippen molar-refractivity contribution < 1.29 is 5.11 Å². The lowest BCUT2D eigenvalue weighted by molar-refractivity contribution is 0.114. The molecule has 0 aromatic heterocycles. The number of aliphatic hydroxyl groups excluding tert-OH is 1. The molecule has 1 aliphatic rings. The summed E-state index contributed by atoms with van der Waals surface area (Å²) in [6.07, 6.45) is 0.898. The first-order valence-corrected chi connectivity index (χ1v) is 4.75. The molecule has 0 amide bonds. The van der Waals surface area contributed by atoms with Crippen molar-refractivity contribution in [2.75, 3.05) is 19.6 Å². The molecule has 12 heavy (non-hydrogen) atoms. The van der Waals surface area contributed by atoms with Gasteiger partial charge in [-0.2, -0.15) is 0 Å². The molecule has 3 N–H and O–H groups in total. The smallest absolute Gasteiger partial charge is 0.0789 e. The van der Waals surface area contributed by atoms with Gasteiger partial charge >= 0.3 is 0 Å². The predicted octanol–water partition coefficient (Wildman–Crippen LogP) is 0.0363. The minimum absolute atomic E-state index is 0.349. The molecule has 1 fully saturated rings. The van der Waals surface area contributed by atoms with Crippen LogP contribution < -0.4 is 5.73 Å². The van der Waals surface area contributed by atoms with Crippen LogP contribution in [-0.4, -0.2) is 41.8 Å². The number of nitrogens with two attached hydrogens (primary N) is 1. The average Bonchev–Trinajstić information content (AvgIpc) is 2.30. The van der Waals surface area contributed by atoms with Crippen molar-refractivity contribution in [1.82, 2.24) is 4.90 Å². The molecule has 0 aliphatic carbocycles. The van der Waals surface area contributed by atoms with Gasteiger partial charge in [0, 0.05) is 25.7 Å². The van der Waals surface area contributed by atoms with Crippen LogP contribution >= 0.6 is 0 Å². The number of hydrogen-bond acceptors (Lipinski definition) is 3. The van der Waals surface area contributed by atoms with Gasteiger partial charge in [0.2, 0.25) is 0 Å². The van der Waals surface area contributed by atoms with Crippen LogP contribution in [0.1, 0.15) is 20.3 Å². The van der Waals surface area contributed by atoms with Crippen molar-refractivity contribution >= 4 is 0 Å². The molecular weight excluding hydrogens is 152 g/mol. The number of rotatable bonds is 3. The zero-order valence-corrected chi connectivity index (χ0v) is 8.03. The zero-order chi connectivity index (χ0) is 9.14. The second kappa shape index (κ2) is 4.21. The first kappa shape index (κ1) is 9.96. The van der Waals surface area contributed by atoms with Gasteiger partial charge in [-0.15, -0.1) is 0 Å². The minimum Gasteiger partial charge on any atom is -0.390 e. The van der Waals surface area contributed by atoms with Crippen LogP contribution in [0.4, 0.5) is 0 Å². The molecule has 3 atom stereocenters. The highest BCUT2D eigenvalue weighted by atomic mass is 16.3. The van der Waals surface area contributed by atoms with Gasteiger partial charge in [-0.1, -0.05) is 6.92 Å². The second-order valence-electron chi connectivity index (χ2n) is 4.03. The molecule has 1 heterocycles. The zero-order valence-electron chi connectivity index (χ0n) is 8.03. The molecule has 1 saturated heterocycles. The standard InChI is InChI=1S/C9H20N2O/c1-7-3-8(2)11(5-7)6-9(12)4-10/h7-9,12H,3-6,10H2,1-2H3/t7?,8?,9-/m0/s1. The lowest BCUT2D eigenvalue weighted by Crippen LogP contribution is -2.38. The Morgan fingerprint density at radius 2 is 2.25 bits per heavy atom. The van der Waals surface area contributed by atoms with Crippen LogP contribution in [-0.2, 0) is 0 Å². The third-order valence-corrected chi connectivity index (χ3v) is 2.63. The van der Waals surface area contributed by atoms with E-state index in [0.717, 1.165) is 19.0 Å². The van der Waals surface area contributed by atoms with Gasteiger partial charge in [-0.25, -0.2) is 0 Å². The molecule has 0 radical (unpaired) electrons. The van der Waals surface area contributed by atoms with E-state index in [0.29, 0.717) is 12.6 Å². The highest BCUT2D eigenvalue weighted by Gasteiger charge is 2.26. The van der Waals surface area contributed by atoms with Crippen LogP contribution in [0.25, 0.3) is 0 Å². The Hall–Kier alpha value is -0.120. The average molecular weight is 172 g/mol. The Labute approximate surface area is 74.5 Å². The summed E-state index contributed by atoms with van der Waals surface area (Å²) >= 11 is 0. The van der Waals surface area contributed by atoms with Gasteiger partial charge in [0.05, 0.1) is 6.10 Å². The van der Waals surface area contributed by atoms with Gasteiger partial charge in [0.1, 0.15) is 0 Å². The highest BCUT2D eigenvalue weighted by molar-refractivity contribution is 4.81. The maximum absolute atomic E-state index is 9.36. The summed E-state index contributed by atoms with van der Waals surface area (Å²) in [5, 5.41) is 9.36. The van der Waals surface area contributed by atoms with E-state index >= 15 is 0 Å². The topological polar surface area (TPSA) is 49.5 Å². The third-order valence-electron chi connectivity index (χ3n) is 2.63. The third kappa shape index (κ3) is 2.44. The predicted molar refractivity (Wildman–Crippen MR) is 49.9 cm³/mol. The van der Waals surface area contributed by atoms with Crippen molar-refractivity contribution in [3.05, 3.63) is 0 Å². The van der Waals surface area contributed by atoms with Crippen molar-refractivity contribution in [1.29, 1.82) is 0 Å². The maximum atomic E-state index is 9.36. The molecule has 0 aromatic carbocycles. The van der Waals surface area contributed by atoms with Crippen molar-refractivity contribution in [2.45, 2.75) is 32.4 Å². The van der Waals surface area contributed by atoms with E-state index in [4.69, 9.17) is 5.73 Å². The highest BCUT2D eigenvalue weighted by Crippen LogP contribution is 2.21. The molecule has 3 nitrogen and oxygen atoms in total. The van der Waals surface area contributed by atoms with E-state index < -0.39 is 0 Å².